The molecule has 212 valence electrons. The van der Waals surface area contributed by atoms with Crippen molar-refractivity contribution in [1.29, 1.82) is 0 Å². The number of phenols is 1. The lowest BCUT2D eigenvalue weighted by molar-refractivity contribution is 0.102. The first-order chi connectivity index (χ1) is 20.2. The van der Waals surface area contributed by atoms with Crippen LogP contribution in [0.15, 0.2) is 113 Å². The van der Waals surface area contributed by atoms with Gasteiger partial charge in [-0.1, -0.05) is 54.6 Å². The van der Waals surface area contributed by atoms with Crippen molar-refractivity contribution in [3.8, 4) is 5.75 Å². The highest BCUT2D eigenvalue weighted by molar-refractivity contribution is 7.85. The second kappa shape index (κ2) is 12.1. The molecule has 0 bridgehead atoms. The van der Waals surface area contributed by atoms with Crippen LogP contribution in [-0.4, -0.2) is 36.1 Å². The van der Waals surface area contributed by atoms with E-state index in [2.05, 4.69) is 20.5 Å². The van der Waals surface area contributed by atoms with Crippen molar-refractivity contribution >= 4 is 55.4 Å². The van der Waals surface area contributed by atoms with Crippen LogP contribution in [0.25, 0.3) is 10.8 Å². The summed E-state index contributed by atoms with van der Waals surface area (Å²) in [6.45, 7) is 0. The Kier molecular flexibility index (Phi) is 8.20. The summed E-state index contributed by atoms with van der Waals surface area (Å²) in [5.74, 6) is -1.09. The standard InChI is InChI=1S/C30H25N5O6S/c1-41-35(22-15-13-20(14-16-22)19-42(38,39)40)26-11-5-4-10-25(26)33-34-28-23-9-3-2-8-21(23)18-24(29(28)36)30(37)32-27-12-6-7-17-31-27/h2-18,36H,19H2,1H3,(H,31,32,37)(H,38,39,40)/b34-33+. The topological polar surface area (TPSA) is 154 Å². The molecule has 0 aliphatic carbocycles. The zero-order valence-corrected chi connectivity index (χ0v) is 23.1. The third-order valence-corrected chi connectivity index (χ3v) is 6.91. The van der Waals surface area contributed by atoms with Gasteiger partial charge in [-0.3, -0.25) is 14.2 Å². The number of aromatic nitrogens is 1. The Balaban J connectivity index is 1.52. The molecular weight excluding hydrogens is 558 g/mol. The molecule has 4 aromatic carbocycles. The number of amides is 1. The van der Waals surface area contributed by atoms with Gasteiger partial charge in [-0.2, -0.15) is 8.42 Å². The largest absolute Gasteiger partial charge is 0.505 e. The first-order valence-corrected chi connectivity index (χ1v) is 14.2. The molecular formula is C30H25N5O6S. The maximum Gasteiger partial charge on any atom is 0.269 e. The Labute approximate surface area is 241 Å². The van der Waals surface area contributed by atoms with Gasteiger partial charge in [0.15, 0.2) is 5.75 Å². The lowest BCUT2D eigenvalue weighted by Gasteiger charge is -2.23. The summed E-state index contributed by atoms with van der Waals surface area (Å²) in [5.41, 5.74) is 1.95. The molecule has 5 rings (SSSR count). The Morgan fingerprint density at radius 1 is 0.952 bits per heavy atom. The number of fused-ring (bicyclic) bond motifs is 1. The molecule has 0 spiro atoms. The molecule has 0 aliphatic rings. The van der Waals surface area contributed by atoms with Crippen LogP contribution in [0.2, 0.25) is 0 Å². The molecule has 42 heavy (non-hydrogen) atoms. The zero-order chi connectivity index (χ0) is 29.7. The predicted molar refractivity (Wildman–Crippen MR) is 159 cm³/mol. The van der Waals surface area contributed by atoms with Crippen molar-refractivity contribution in [2.75, 3.05) is 17.5 Å². The summed E-state index contributed by atoms with van der Waals surface area (Å²) < 4.78 is 31.6. The Hall–Kier alpha value is -5.17. The normalized spacial score (nSPS) is 11.6. The number of azo groups is 1. The SMILES string of the molecule is CON(c1ccc(CS(=O)(=O)O)cc1)c1ccccc1/N=N/c1c(O)c(C(=O)Nc2ccccn2)cc2ccccc12. The number of carbonyl (C=O) groups is 1. The minimum absolute atomic E-state index is 0.00471. The molecule has 0 atom stereocenters. The van der Waals surface area contributed by atoms with Crippen LogP contribution in [0.5, 0.6) is 5.75 Å². The molecule has 5 aromatic rings. The van der Waals surface area contributed by atoms with Crippen LogP contribution in [0.3, 0.4) is 0 Å². The molecule has 0 saturated heterocycles. The third kappa shape index (κ3) is 6.41. The summed E-state index contributed by atoms with van der Waals surface area (Å²) >= 11 is 0. The molecule has 1 heterocycles. The smallest absolute Gasteiger partial charge is 0.269 e. The van der Waals surface area contributed by atoms with Crippen molar-refractivity contribution in [1.82, 2.24) is 4.98 Å². The van der Waals surface area contributed by atoms with Gasteiger partial charge in [-0.15, -0.1) is 10.2 Å². The van der Waals surface area contributed by atoms with E-state index in [0.717, 1.165) is 0 Å². The van der Waals surface area contributed by atoms with E-state index in [0.29, 0.717) is 39.2 Å². The molecule has 12 heteroatoms. The Morgan fingerprint density at radius 3 is 2.38 bits per heavy atom. The van der Waals surface area contributed by atoms with Crippen molar-refractivity contribution in [3.63, 3.8) is 0 Å². The highest BCUT2D eigenvalue weighted by Gasteiger charge is 2.20. The maximum atomic E-state index is 13.1. The number of carbonyl (C=O) groups excluding carboxylic acids is 1. The van der Waals surface area contributed by atoms with Gasteiger partial charge in [0.2, 0.25) is 0 Å². The summed E-state index contributed by atoms with van der Waals surface area (Å²) in [5, 5.41) is 25.4. The quantitative estimate of drug-likeness (QED) is 0.0984. The minimum atomic E-state index is -4.17. The second-order valence-electron chi connectivity index (χ2n) is 9.07. The highest BCUT2D eigenvalue weighted by Crippen LogP contribution is 2.41. The van der Waals surface area contributed by atoms with Crippen LogP contribution < -0.4 is 10.4 Å². The average molecular weight is 584 g/mol. The molecule has 11 nitrogen and oxygen atoms in total. The van der Waals surface area contributed by atoms with Gasteiger partial charge in [0.05, 0.1) is 24.0 Å². The van der Waals surface area contributed by atoms with Crippen LogP contribution in [-0.2, 0) is 20.7 Å². The third-order valence-electron chi connectivity index (χ3n) is 6.21. The number of hydrogen-bond donors (Lipinski definition) is 3. The monoisotopic (exact) mass is 583 g/mol. The van der Waals surface area contributed by atoms with Gasteiger partial charge in [-0.25, -0.2) is 10.0 Å². The number of nitrogens with zero attached hydrogens (tertiary/aromatic N) is 4. The summed E-state index contributed by atoms with van der Waals surface area (Å²) in [7, 11) is -2.71. The zero-order valence-electron chi connectivity index (χ0n) is 22.2. The van der Waals surface area contributed by atoms with Crippen molar-refractivity contribution in [3.05, 3.63) is 114 Å². The number of nitrogens with one attached hydrogen (secondary N) is 1. The summed E-state index contributed by atoms with van der Waals surface area (Å²) in [4.78, 5) is 22.8. The molecule has 3 N–H and O–H groups in total. The lowest BCUT2D eigenvalue weighted by atomic mass is 10.0. The number of aromatic hydroxyl groups is 1. The first-order valence-electron chi connectivity index (χ1n) is 12.6. The fraction of sp³-hybridized carbons (Fsp3) is 0.0667. The van der Waals surface area contributed by atoms with Gasteiger partial charge in [0.1, 0.15) is 22.9 Å². The van der Waals surface area contributed by atoms with Crippen LogP contribution in [0.4, 0.5) is 28.6 Å². The van der Waals surface area contributed by atoms with Crippen molar-refractivity contribution in [2.24, 2.45) is 10.2 Å². The minimum Gasteiger partial charge on any atom is -0.505 e. The van der Waals surface area contributed by atoms with Crippen molar-refractivity contribution < 1.29 is 27.7 Å². The molecule has 1 aromatic heterocycles. The average Bonchev–Trinajstić information content (AvgIpc) is 2.98. The van der Waals surface area contributed by atoms with Gasteiger partial charge in [0.25, 0.3) is 16.0 Å². The number of anilines is 3. The number of pyridine rings is 1. The van der Waals surface area contributed by atoms with Crippen LogP contribution >= 0.6 is 0 Å². The van der Waals surface area contributed by atoms with Crippen LogP contribution in [0, 0.1) is 0 Å². The van der Waals surface area contributed by atoms with E-state index in [1.165, 1.54) is 12.2 Å². The lowest BCUT2D eigenvalue weighted by Crippen LogP contribution is -2.15. The number of rotatable bonds is 9. The number of para-hydroxylation sites is 1. The molecule has 0 saturated carbocycles. The van der Waals surface area contributed by atoms with Crippen molar-refractivity contribution in [2.45, 2.75) is 5.75 Å². The summed E-state index contributed by atoms with van der Waals surface area (Å²) in [6.07, 6.45) is 1.55. The van der Waals surface area contributed by atoms with Gasteiger partial charge in [0, 0.05) is 11.6 Å². The molecule has 1 amide bonds. The van der Waals surface area contributed by atoms with Gasteiger partial charge < -0.3 is 10.4 Å². The molecule has 0 radical (unpaired) electrons. The van der Waals surface area contributed by atoms with E-state index >= 15 is 0 Å². The second-order valence-corrected chi connectivity index (χ2v) is 10.5. The highest BCUT2D eigenvalue weighted by atomic mass is 32.2. The molecule has 0 unspecified atom stereocenters. The maximum absolute atomic E-state index is 13.1. The van der Waals surface area contributed by atoms with E-state index < -0.39 is 21.8 Å². The molecule has 0 aliphatic heterocycles. The fourth-order valence-corrected chi connectivity index (χ4v) is 4.93. The number of phenolic OH excluding ortho intramolecular Hbond substituents is 1. The van der Waals surface area contributed by atoms with E-state index in [4.69, 9.17) is 9.39 Å². The fourth-order valence-electron chi connectivity index (χ4n) is 4.32. The van der Waals surface area contributed by atoms with E-state index in [1.54, 1.807) is 97.2 Å². The van der Waals surface area contributed by atoms with E-state index in [1.807, 2.05) is 6.07 Å². The Morgan fingerprint density at radius 2 is 1.67 bits per heavy atom. The summed E-state index contributed by atoms with van der Waals surface area (Å²) in [6, 6.07) is 27.2. The Bertz CT molecular complexity index is 1880. The van der Waals surface area contributed by atoms with Crippen LogP contribution in [0.1, 0.15) is 15.9 Å². The predicted octanol–water partition coefficient (Wildman–Crippen LogP) is 6.70. The molecule has 0 fully saturated rings. The van der Waals surface area contributed by atoms with E-state index in [-0.39, 0.29) is 17.0 Å². The van der Waals surface area contributed by atoms with Gasteiger partial charge >= 0.3 is 0 Å². The van der Waals surface area contributed by atoms with Gasteiger partial charge in [-0.05, 0) is 53.4 Å². The first kappa shape index (κ1) is 28.4. The number of benzene rings is 4. The number of hydrogen-bond acceptors (Lipinski definition) is 9. The van der Waals surface area contributed by atoms with E-state index in [9.17, 15) is 18.3 Å².